The van der Waals surface area contributed by atoms with E-state index in [-0.39, 0.29) is 5.91 Å². The van der Waals surface area contributed by atoms with E-state index >= 15 is 0 Å². The summed E-state index contributed by atoms with van der Waals surface area (Å²) in [6.07, 6.45) is 4.27. The van der Waals surface area contributed by atoms with Crippen molar-refractivity contribution in [3.8, 4) is 11.5 Å². The number of methoxy groups -OCH3 is 2. The third-order valence-electron chi connectivity index (χ3n) is 4.95. The predicted molar refractivity (Wildman–Crippen MR) is 107 cm³/mol. The van der Waals surface area contributed by atoms with E-state index in [0.29, 0.717) is 23.8 Å². The normalized spacial score (nSPS) is 15.0. The van der Waals surface area contributed by atoms with Gasteiger partial charge in [-0.05, 0) is 54.3 Å². The summed E-state index contributed by atoms with van der Waals surface area (Å²) in [5.74, 6) is 5.28. The number of piperidine rings is 1. The zero-order valence-electron chi connectivity index (χ0n) is 16.0. The number of rotatable bonds is 8. The predicted octanol–water partition coefficient (Wildman–Crippen LogP) is 4.01. The molecule has 6 heteroatoms. The minimum Gasteiger partial charge on any atom is -0.493 e. The molecule has 1 aliphatic rings. The first-order valence-corrected chi connectivity index (χ1v) is 10.4. The van der Waals surface area contributed by atoms with Crippen LogP contribution in [-0.4, -0.2) is 43.9 Å². The van der Waals surface area contributed by atoms with Crippen molar-refractivity contribution >= 4 is 17.7 Å². The first-order valence-electron chi connectivity index (χ1n) is 9.28. The van der Waals surface area contributed by atoms with Crippen molar-refractivity contribution in [2.75, 3.05) is 33.1 Å². The van der Waals surface area contributed by atoms with Gasteiger partial charge in [-0.1, -0.05) is 6.07 Å². The van der Waals surface area contributed by atoms with Crippen LogP contribution in [0.4, 0.5) is 0 Å². The Bertz CT molecular complexity index is 724. The quantitative estimate of drug-likeness (QED) is 0.683. The van der Waals surface area contributed by atoms with E-state index in [0.717, 1.165) is 48.8 Å². The van der Waals surface area contributed by atoms with Gasteiger partial charge in [-0.15, -0.1) is 0 Å². The summed E-state index contributed by atoms with van der Waals surface area (Å²) >= 11 is 1.91. The van der Waals surface area contributed by atoms with Crippen LogP contribution in [0.2, 0.25) is 0 Å². The molecule has 1 amide bonds. The fraction of sp³-hybridized carbons (Fsp3) is 0.476. The third-order valence-corrected chi connectivity index (χ3v) is 6.14. The molecule has 5 nitrogen and oxygen atoms in total. The Morgan fingerprint density at radius 2 is 1.96 bits per heavy atom. The number of benzene rings is 1. The summed E-state index contributed by atoms with van der Waals surface area (Å²) in [4.78, 5) is 14.6. The SMILES string of the molecule is COc1ccc(CC(=O)N2CCC(CSCc3ccco3)CC2)cc1OC. The molecule has 1 fully saturated rings. The van der Waals surface area contributed by atoms with Gasteiger partial charge in [-0.3, -0.25) is 4.79 Å². The number of amides is 1. The third kappa shape index (κ3) is 5.45. The van der Waals surface area contributed by atoms with Gasteiger partial charge in [0.1, 0.15) is 5.76 Å². The highest BCUT2D eigenvalue weighted by Crippen LogP contribution is 2.28. The van der Waals surface area contributed by atoms with Crippen LogP contribution in [0.5, 0.6) is 11.5 Å². The van der Waals surface area contributed by atoms with E-state index in [4.69, 9.17) is 13.9 Å². The largest absolute Gasteiger partial charge is 0.493 e. The minimum absolute atomic E-state index is 0.184. The van der Waals surface area contributed by atoms with Crippen molar-refractivity contribution in [1.29, 1.82) is 0 Å². The molecular formula is C21H27NO4S. The summed E-state index contributed by atoms with van der Waals surface area (Å²) < 4.78 is 15.9. The molecule has 0 bridgehead atoms. The van der Waals surface area contributed by atoms with Crippen LogP contribution in [0.25, 0.3) is 0 Å². The molecule has 1 saturated heterocycles. The standard InChI is InChI=1S/C21H27NO4S/c1-24-19-6-5-17(12-20(19)25-2)13-21(23)22-9-7-16(8-10-22)14-27-15-18-4-3-11-26-18/h3-6,11-12,16H,7-10,13-15H2,1-2H3. The van der Waals surface area contributed by atoms with Crippen LogP contribution in [0, 0.1) is 5.92 Å². The lowest BCUT2D eigenvalue weighted by Crippen LogP contribution is -2.39. The molecular weight excluding hydrogens is 362 g/mol. The number of ether oxygens (including phenoxy) is 2. The van der Waals surface area contributed by atoms with Crippen molar-refractivity contribution in [3.63, 3.8) is 0 Å². The average Bonchev–Trinajstić information content (AvgIpc) is 3.22. The molecule has 0 radical (unpaired) electrons. The van der Waals surface area contributed by atoms with E-state index in [2.05, 4.69) is 0 Å². The van der Waals surface area contributed by atoms with Crippen LogP contribution in [0.15, 0.2) is 41.0 Å². The van der Waals surface area contributed by atoms with Gasteiger partial charge in [-0.25, -0.2) is 0 Å². The zero-order chi connectivity index (χ0) is 19.1. The number of thioether (sulfide) groups is 1. The van der Waals surface area contributed by atoms with E-state index in [1.54, 1.807) is 20.5 Å². The highest BCUT2D eigenvalue weighted by atomic mass is 32.2. The lowest BCUT2D eigenvalue weighted by molar-refractivity contribution is -0.131. The highest BCUT2D eigenvalue weighted by molar-refractivity contribution is 7.98. The van der Waals surface area contributed by atoms with Gasteiger partial charge >= 0.3 is 0 Å². The highest BCUT2D eigenvalue weighted by Gasteiger charge is 2.23. The van der Waals surface area contributed by atoms with Gasteiger partial charge in [0.2, 0.25) is 5.91 Å². The minimum atomic E-state index is 0.184. The Morgan fingerprint density at radius 3 is 2.63 bits per heavy atom. The smallest absolute Gasteiger partial charge is 0.226 e. The number of furan rings is 1. The number of nitrogens with zero attached hydrogens (tertiary/aromatic N) is 1. The lowest BCUT2D eigenvalue weighted by Gasteiger charge is -2.32. The number of carbonyl (C=O) groups excluding carboxylic acids is 1. The molecule has 0 N–H and O–H groups in total. The van der Waals surface area contributed by atoms with Crippen molar-refractivity contribution in [1.82, 2.24) is 4.90 Å². The van der Waals surface area contributed by atoms with Crippen LogP contribution in [0.1, 0.15) is 24.2 Å². The summed E-state index contributed by atoms with van der Waals surface area (Å²) in [7, 11) is 3.22. The van der Waals surface area contributed by atoms with Gasteiger partial charge in [0.25, 0.3) is 0 Å². The van der Waals surface area contributed by atoms with Gasteiger partial charge < -0.3 is 18.8 Å². The number of carbonyl (C=O) groups is 1. The summed E-state index contributed by atoms with van der Waals surface area (Å²) in [6, 6.07) is 9.61. The van der Waals surface area contributed by atoms with E-state index in [9.17, 15) is 4.79 Å². The first-order chi connectivity index (χ1) is 13.2. The fourth-order valence-electron chi connectivity index (χ4n) is 3.35. The molecule has 0 spiro atoms. The molecule has 1 aromatic carbocycles. The lowest BCUT2D eigenvalue weighted by atomic mass is 9.98. The summed E-state index contributed by atoms with van der Waals surface area (Å²) in [5, 5.41) is 0. The summed E-state index contributed by atoms with van der Waals surface area (Å²) in [6.45, 7) is 1.69. The molecule has 1 aliphatic heterocycles. The molecule has 1 aromatic heterocycles. The van der Waals surface area contributed by atoms with Crippen LogP contribution >= 0.6 is 11.8 Å². The molecule has 0 atom stereocenters. The van der Waals surface area contributed by atoms with Crippen LogP contribution < -0.4 is 9.47 Å². The van der Waals surface area contributed by atoms with Gasteiger partial charge in [0, 0.05) is 13.1 Å². The Labute approximate surface area is 165 Å². The Morgan fingerprint density at radius 1 is 1.19 bits per heavy atom. The number of likely N-dealkylation sites (tertiary alicyclic amines) is 1. The Hall–Kier alpha value is -2.08. The maximum atomic E-state index is 12.6. The second kappa shape index (κ2) is 9.74. The van der Waals surface area contributed by atoms with Gasteiger partial charge in [-0.2, -0.15) is 11.8 Å². The first kappa shape index (κ1) is 19.7. The van der Waals surface area contributed by atoms with E-state index < -0.39 is 0 Å². The van der Waals surface area contributed by atoms with Crippen molar-refractivity contribution in [2.45, 2.75) is 25.0 Å². The number of hydrogen-bond acceptors (Lipinski definition) is 5. The molecule has 27 heavy (non-hydrogen) atoms. The fourth-order valence-corrected chi connectivity index (χ4v) is 4.50. The second-order valence-corrected chi connectivity index (χ2v) is 7.82. The van der Waals surface area contributed by atoms with Crippen LogP contribution in [-0.2, 0) is 17.0 Å². The van der Waals surface area contributed by atoms with Crippen molar-refractivity contribution in [3.05, 3.63) is 47.9 Å². The number of hydrogen-bond donors (Lipinski definition) is 0. The maximum Gasteiger partial charge on any atom is 0.226 e. The van der Waals surface area contributed by atoms with E-state index in [1.807, 2.05) is 47.0 Å². The monoisotopic (exact) mass is 389 g/mol. The van der Waals surface area contributed by atoms with Crippen LogP contribution in [0.3, 0.4) is 0 Å². The molecule has 3 rings (SSSR count). The molecule has 2 heterocycles. The topological polar surface area (TPSA) is 51.9 Å². The second-order valence-electron chi connectivity index (χ2n) is 6.78. The molecule has 0 unspecified atom stereocenters. The molecule has 146 valence electrons. The maximum absolute atomic E-state index is 12.6. The average molecular weight is 390 g/mol. The molecule has 0 aliphatic carbocycles. The zero-order valence-corrected chi connectivity index (χ0v) is 16.8. The van der Waals surface area contributed by atoms with Gasteiger partial charge in [0.05, 0.1) is 32.7 Å². The molecule has 2 aromatic rings. The Kier molecular flexibility index (Phi) is 7.10. The summed E-state index contributed by atoms with van der Waals surface area (Å²) in [5.41, 5.74) is 0.953. The van der Waals surface area contributed by atoms with E-state index in [1.165, 1.54) is 0 Å². The van der Waals surface area contributed by atoms with Gasteiger partial charge in [0.15, 0.2) is 11.5 Å². The molecule has 0 saturated carbocycles. The Balaban J connectivity index is 1.43. The van der Waals surface area contributed by atoms with Crippen molar-refractivity contribution < 1.29 is 18.7 Å². The van der Waals surface area contributed by atoms with Crippen molar-refractivity contribution in [2.24, 2.45) is 5.92 Å².